The number of nitrogens with zero attached hydrogens (tertiary/aromatic N) is 1. The molecule has 0 fully saturated rings. The minimum absolute atomic E-state index is 0. The van der Waals surface area contributed by atoms with Gasteiger partial charge in [-0.05, 0) is 0 Å². The predicted octanol–water partition coefficient (Wildman–Crippen LogP) is -2.03. The third-order valence-electron chi connectivity index (χ3n) is 0. The molecule has 0 unspecified atom stereocenters. The molecular formula is HKNOP. The molecule has 0 saturated heterocycles. The first-order valence-corrected chi connectivity index (χ1v) is 0.800. The Hall–Kier alpha value is 1.70. The van der Waals surface area contributed by atoms with Crippen molar-refractivity contribution in [1.29, 1.82) is 0 Å². The molecule has 0 amide bonds. The fraction of sp³-hybridized carbons (Fsp3) is 0. The largest absolute Gasteiger partial charge is 1.00 e. The number of hydrogen-bond acceptors (Lipinski definition) is 1. The second-order valence-corrected chi connectivity index (χ2v) is 0.268. The summed E-state index contributed by atoms with van der Waals surface area (Å²) in [6.45, 7) is 0. The van der Waals surface area contributed by atoms with Crippen molar-refractivity contribution in [3.8, 4) is 0 Å². The summed E-state index contributed by atoms with van der Waals surface area (Å²) in [4.78, 5) is 2.19. The Labute approximate surface area is 69.3 Å². The molecule has 18 valence electrons. The molecule has 0 bridgehead atoms. The molecular weight excluding hydrogens is 100 g/mol. The summed E-state index contributed by atoms with van der Waals surface area (Å²) in [7, 11) is 2.97. The van der Waals surface area contributed by atoms with Crippen molar-refractivity contribution in [2.75, 3.05) is 0 Å². The van der Waals surface area contributed by atoms with Crippen LogP contribution < -0.4 is 51.4 Å². The monoisotopic (exact) mass is 101 g/mol. The quantitative estimate of drug-likeness (QED) is 0.213. The van der Waals surface area contributed by atoms with Crippen molar-refractivity contribution in [2.45, 2.75) is 0 Å². The van der Waals surface area contributed by atoms with Crippen molar-refractivity contribution >= 4 is 9.03 Å². The minimum atomic E-state index is 0. The van der Waals surface area contributed by atoms with Crippen LogP contribution in [0.1, 0.15) is 0 Å². The molecule has 0 atom stereocenters. The average Bonchev–Trinajstić information content (AvgIpc) is 0.918. The van der Waals surface area contributed by atoms with E-state index in [0.717, 1.165) is 0 Å². The van der Waals surface area contributed by atoms with Crippen LogP contribution in [0.3, 0.4) is 0 Å². The van der Waals surface area contributed by atoms with Crippen LogP contribution in [0.5, 0.6) is 0 Å². The van der Waals surface area contributed by atoms with Crippen LogP contribution in [-0.4, -0.2) is 5.21 Å². The first kappa shape index (κ1) is 9.20. The van der Waals surface area contributed by atoms with E-state index in [9.17, 15) is 0 Å². The van der Waals surface area contributed by atoms with Crippen molar-refractivity contribution in [2.24, 2.45) is 4.91 Å². The summed E-state index contributed by atoms with van der Waals surface area (Å²) in [5.74, 6) is 0. The normalized spacial score (nSPS) is 3.25. The van der Waals surface area contributed by atoms with Crippen molar-refractivity contribution in [3.63, 3.8) is 0 Å². The third-order valence-corrected chi connectivity index (χ3v) is 0. The molecule has 4 heavy (non-hydrogen) atoms. The maximum atomic E-state index is 7.06. The Morgan fingerprint density at radius 1 is 1.75 bits per heavy atom. The van der Waals surface area contributed by atoms with Crippen molar-refractivity contribution in [3.05, 3.63) is 0 Å². The standard InChI is InChI=1S/K.HNOP/c;2-1-3/h;2H/q+1;-1. The molecule has 0 aromatic carbocycles. The maximum Gasteiger partial charge on any atom is 1.00 e. The minimum Gasteiger partial charge on any atom is -0.572 e. The smallest absolute Gasteiger partial charge is 0.572 e. The van der Waals surface area contributed by atoms with Crippen LogP contribution in [-0.2, 0) is 0 Å². The summed E-state index contributed by atoms with van der Waals surface area (Å²) in [5.41, 5.74) is 0. The third kappa shape index (κ3) is 9.34. The van der Waals surface area contributed by atoms with Gasteiger partial charge in [-0.1, -0.05) is 0 Å². The Morgan fingerprint density at radius 3 is 1.75 bits per heavy atom. The van der Waals surface area contributed by atoms with Gasteiger partial charge < -0.3 is 19.1 Å². The molecule has 0 aliphatic carbocycles. The van der Waals surface area contributed by atoms with Crippen LogP contribution in [0.15, 0.2) is 4.91 Å². The SMILES string of the molecule is ON=[P-].[K+]. The zero-order valence-electron chi connectivity index (χ0n) is 2.34. The molecule has 0 aromatic rings. The zero-order chi connectivity index (χ0) is 2.71. The molecule has 0 aliphatic rings. The topological polar surface area (TPSA) is 32.6 Å². The molecule has 4 heteroatoms. The van der Waals surface area contributed by atoms with Gasteiger partial charge in [-0.2, -0.15) is 0 Å². The van der Waals surface area contributed by atoms with Gasteiger partial charge >= 0.3 is 51.4 Å². The van der Waals surface area contributed by atoms with Gasteiger partial charge in [0.25, 0.3) is 0 Å². The summed E-state index contributed by atoms with van der Waals surface area (Å²) in [5, 5.41) is 7.06. The van der Waals surface area contributed by atoms with Crippen molar-refractivity contribution in [1.82, 2.24) is 0 Å². The summed E-state index contributed by atoms with van der Waals surface area (Å²) in [6.07, 6.45) is 0. The van der Waals surface area contributed by atoms with E-state index >= 15 is 0 Å². The van der Waals surface area contributed by atoms with Gasteiger partial charge in [0.1, 0.15) is 0 Å². The fourth-order valence-electron chi connectivity index (χ4n) is 0. The van der Waals surface area contributed by atoms with E-state index in [1.54, 1.807) is 0 Å². The maximum absolute atomic E-state index is 7.06. The van der Waals surface area contributed by atoms with Gasteiger partial charge in [0.2, 0.25) is 0 Å². The Balaban J connectivity index is 0. The summed E-state index contributed by atoms with van der Waals surface area (Å²) < 4.78 is 0. The van der Waals surface area contributed by atoms with E-state index in [1.165, 1.54) is 0 Å². The molecule has 0 aromatic heterocycles. The molecule has 0 spiro atoms. The molecule has 0 heterocycles. The van der Waals surface area contributed by atoms with Crippen LogP contribution in [0, 0.1) is 0 Å². The van der Waals surface area contributed by atoms with E-state index in [-0.39, 0.29) is 51.4 Å². The van der Waals surface area contributed by atoms with Crippen LogP contribution in [0.25, 0.3) is 0 Å². The summed E-state index contributed by atoms with van der Waals surface area (Å²) >= 11 is 0. The van der Waals surface area contributed by atoms with Gasteiger partial charge in [0.05, 0.1) is 0 Å². The molecule has 0 aliphatic heterocycles. The van der Waals surface area contributed by atoms with Crippen molar-refractivity contribution < 1.29 is 56.6 Å². The van der Waals surface area contributed by atoms with Gasteiger partial charge in [-0.25, -0.2) is 0 Å². The van der Waals surface area contributed by atoms with Gasteiger partial charge in [0.15, 0.2) is 0 Å². The Kier molecular flexibility index (Phi) is 20.3. The van der Waals surface area contributed by atoms with Gasteiger partial charge in [-0.15, -0.1) is 0 Å². The molecule has 0 saturated carbocycles. The molecule has 0 radical (unpaired) electrons. The summed E-state index contributed by atoms with van der Waals surface area (Å²) in [6, 6.07) is 0. The van der Waals surface area contributed by atoms with Gasteiger partial charge in [-0.3, -0.25) is 0 Å². The van der Waals surface area contributed by atoms with E-state index in [0.29, 0.717) is 0 Å². The average molecular weight is 101 g/mol. The predicted molar refractivity (Wildman–Crippen MR) is 11.1 cm³/mol. The first-order valence-electron chi connectivity index (χ1n) is 0.400. The zero-order valence-corrected chi connectivity index (χ0v) is 6.36. The van der Waals surface area contributed by atoms with Gasteiger partial charge in [0, 0.05) is 0 Å². The van der Waals surface area contributed by atoms with Crippen LogP contribution >= 0.6 is 9.03 Å². The number of rotatable bonds is 0. The second-order valence-electron chi connectivity index (χ2n) is 0.0894. The van der Waals surface area contributed by atoms with E-state index in [2.05, 4.69) is 13.9 Å². The Morgan fingerprint density at radius 2 is 1.75 bits per heavy atom. The van der Waals surface area contributed by atoms with E-state index in [4.69, 9.17) is 5.21 Å². The molecule has 1 N–H and O–H groups in total. The Bertz CT molecular complexity index is 15.5. The van der Waals surface area contributed by atoms with Crippen LogP contribution in [0.2, 0.25) is 0 Å². The molecule has 0 rings (SSSR count). The molecule has 2 nitrogen and oxygen atoms in total. The fourth-order valence-corrected chi connectivity index (χ4v) is 0. The van der Waals surface area contributed by atoms with Crippen LogP contribution in [0.4, 0.5) is 0 Å². The number of hydrogen-bond donors (Lipinski definition) is 1. The first-order chi connectivity index (χ1) is 1.41. The second kappa shape index (κ2) is 8.83. The van der Waals surface area contributed by atoms with E-state index in [1.807, 2.05) is 0 Å². The van der Waals surface area contributed by atoms with E-state index < -0.39 is 0 Å².